The van der Waals surface area contributed by atoms with Crippen molar-refractivity contribution in [3.8, 4) is 0 Å². The van der Waals surface area contributed by atoms with Crippen LogP contribution in [-0.4, -0.2) is 68.9 Å². The number of aliphatic hydroxyl groups excluding tert-OH is 5. The van der Waals surface area contributed by atoms with Crippen molar-refractivity contribution >= 4 is 0 Å². The summed E-state index contributed by atoms with van der Waals surface area (Å²) in [6.45, 7) is -0.628. The second-order valence-electron chi connectivity index (χ2n) is 3.29. The summed E-state index contributed by atoms with van der Waals surface area (Å²) in [5.74, 6) is 0. The Bertz CT molecular complexity index is 191. The average Bonchev–Trinajstić information content (AvgIpc) is 2.19. The molecule has 6 atom stereocenters. The van der Waals surface area contributed by atoms with Crippen molar-refractivity contribution in [3.05, 3.63) is 0 Å². The molecule has 0 aromatic rings. The minimum atomic E-state index is -1.50. The number of ether oxygens (including phenoxy) is 1. The van der Waals surface area contributed by atoms with E-state index < -0.39 is 43.4 Å². The third-order valence-electron chi connectivity index (χ3n) is 2.25. The van der Waals surface area contributed by atoms with Crippen LogP contribution in [0.3, 0.4) is 0 Å². The molecule has 1 aliphatic rings. The van der Waals surface area contributed by atoms with E-state index in [0.29, 0.717) is 0 Å². The summed E-state index contributed by atoms with van der Waals surface area (Å²) in [4.78, 5) is 0. The highest BCUT2D eigenvalue weighted by atomic mass is 16.6. The zero-order chi connectivity index (χ0) is 10.9. The fourth-order valence-electron chi connectivity index (χ4n) is 1.36. The predicted octanol–water partition coefficient (Wildman–Crippen LogP) is -3.89. The van der Waals surface area contributed by atoms with E-state index in [0.717, 1.165) is 0 Å². The van der Waals surface area contributed by atoms with Crippen molar-refractivity contribution in [1.82, 2.24) is 0 Å². The highest BCUT2D eigenvalue weighted by Gasteiger charge is 2.44. The maximum Gasteiger partial charge on any atom is 0.135 e. The van der Waals surface area contributed by atoms with Gasteiger partial charge in [0.2, 0.25) is 0 Å². The summed E-state index contributed by atoms with van der Waals surface area (Å²) in [6, 6.07) is 0. The van der Waals surface area contributed by atoms with E-state index in [1.165, 1.54) is 0 Å². The zero-order valence-corrected chi connectivity index (χ0v) is 7.39. The molecule has 6 unspecified atom stereocenters. The average molecular weight is 209 g/mol. The number of hydrogen-bond acceptors (Lipinski definition) is 7. The molecular formula is C7H15NO6. The number of nitrogens with two attached hydrogens (primary N) is 1. The number of aliphatic hydroxyl groups is 5. The molecule has 14 heavy (non-hydrogen) atoms. The third-order valence-corrected chi connectivity index (χ3v) is 2.25. The minimum Gasteiger partial charge on any atom is -0.394 e. The largest absolute Gasteiger partial charge is 0.394 e. The van der Waals surface area contributed by atoms with E-state index in [9.17, 15) is 20.4 Å². The zero-order valence-electron chi connectivity index (χ0n) is 7.39. The van der Waals surface area contributed by atoms with Gasteiger partial charge in [-0.05, 0) is 0 Å². The Kier molecular flexibility index (Phi) is 3.78. The quantitative estimate of drug-likeness (QED) is 0.273. The molecule has 84 valence electrons. The van der Waals surface area contributed by atoms with E-state index in [1.54, 1.807) is 0 Å². The van der Waals surface area contributed by atoms with Crippen LogP contribution in [0.15, 0.2) is 0 Å². The molecule has 0 aromatic heterocycles. The molecule has 1 aliphatic heterocycles. The van der Waals surface area contributed by atoms with E-state index in [2.05, 4.69) is 0 Å². The number of hydrogen-bond donors (Lipinski definition) is 6. The Morgan fingerprint density at radius 1 is 1.14 bits per heavy atom. The first-order valence-corrected chi connectivity index (χ1v) is 4.23. The molecular weight excluding hydrogens is 194 g/mol. The maximum absolute atomic E-state index is 9.37. The Morgan fingerprint density at radius 2 is 1.71 bits per heavy atom. The molecule has 7 nitrogen and oxygen atoms in total. The highest BCUT2D eigenvalue weighted by Crippen LogP contribution is 2.20. The fourth-order valence-corrected chi connectivity index (χ4v) is 1.36. The molecule has 0 spiro atoms. The molecule has 0 radical (unpaired) electrons. The third kappa shape index (κ3) is 2.04. The molecule has 1 rings (SSSR count). The fraction of sp³-hybridized carbons (Fsp3) is 1.00. The molecule has 0 aliphatic carbocycles. The molecule has 1 heterocycles. The first-order valence-electron chi connectivity index (χ1n) is 4.23. The van der Waals surface area contributed by atoms with Gasteiger partial charge in [0.1, 0.15) is 36.7 Å². The van der Waals surface area contributed by atoms with Crippen LogP contribution in [0, 0.1) is 0 Å². The molecule has 1 saturated heterocycles. The lowest BCUT2D eigenvalue weighted by molar-refractivity contribution is -0.244. The van der Waals surface area contributed by atoms with Crippen molar-refractivity contribution in [2.75, 3.05) is 6.61 Å². The molecule has 0 aromatic carbocycles. The Labute approximate surface area is 80.3 Å². The van der Waals surface area contributed by atoms with E-state index in [1.807, 2.05) is 0 Å². The molecule has 7 N–H and O–H groups in total. The van der Waals surface area contributed by atoms with Crippen LogP contribution in [0.25, 0.3) is 0 Å². The summed E-state index contributed by atoms with van der Waals surface area (Å²) >= 11 is 0. The SMILES string of the molecule is NC1OC(C(O)CO)C(O)C(O)C1O. The summed E-state index contributed by atoms with van der Waals surface area (Å²) in [5, 5.41) is 45.6. The Morgan fingerprint density at radius 3 is 2.21 bits per heavy atom. The van der Waals surface area contributed by atoms with Gasteiger partial charge in [0.25, 0.3) is 0 Å². The first-order chi connectivity index (χ1) is 6.49. The smallest absolute Gasteiger partial charge is 0.135 e. The lowest BCUT2D eigenvalue weighted by Crippen LogP contribution is -2.63. The Hall–Kier alpha value is -0.280. The van der Waals surface area contributed by atoms with E-state index in [-0.39, 0.29) is 0 Å². The molecule has 0 amide bonds. The number of rotatable bonds is 2. The molecule has 0 saturated carbocycles. The first kappa shape index (κ1) is 11.8. The van der Waals surface area contributed by atoms with Gasteiger partial charge in [0, 0.05) is 0 Å². The summed E-state index contributed by atoms with van der Waals surface area (Å²) in [5.41, 5.74) is 5.28. The molecule has 7 heteroatoms. The second-order valence-corrected chi connectivity index (χ2v) is 3.29. The van der Waals surface area contributed by atoms with Crippen molar-refractivity contribution in [3.63, 3.8) is 0 Å². The van der Waals surface area contributed by atoms with Gasteiger partial charge >= 0.3 is 0 Å². The monoisotopic (exact) mass is 209 g/mol. The van der Waals surface area contributed by atoms with Gasteiger partial charge in [0.15, 0.2) is 0 Å². The van der Waals surface area contributed by atoms with Crippen LogP contribution < -0.4 is 5.73 Å². The maximum atomic E-state index is 9.37. The minimum absolute atomic E-state index is 0.628. The standard InChI is InChI=1S/C7H15NO6/c8-7-5(13)3(11)4(12)6(14-7)2(10)1-9/h2-7,9-13H,1,8H2. The van der Waals surface area contributed by atoms with Crippen LogP contribution in [0.5, 0.6) is 0 Å². The highest BCUT2D eigenvalue weighted by molar-refractivity contribution is 4.92. The molecule has 0 bridgehead atoms. The van der Waals surface area contributed by atoms with Crippen LogP contribution in [0.2, 0.25) is 0 Å². The van der Waals surface area contributed by atoms with E-state index in [4.69, 9.17) is 15.6 Å². The van der Waals surface area contributed by atoms with Gasteiger partial charge < -0.3 is 36.0 Å². The van der Waals surface area contributed by atoms with Crippen LogP contribution >= 0.6 is 0 Å². The second kappa shape index (κ2) is 4.49. The van der Waals surface area contributed by atoms with Gasteiger partial charge in [-0.3, -0.25) is 0 Å². The van der Waals surface area contributed by atoms with Crippen molar-refractivity contribution < 1.29 is 30.3 Å². The summed E-state index contributed by atoms with van der Waals surface area (Å²) in [7, 11) is 0. The molecule has 1 fully saturated rings. The topological polar surface area (TPSA) is 136 Å². The van der Waals surface area contributed by atoms with Gasteiger partial charge in [-0.2, -0.15) is 0 Å². The van der Waals surface area contributed by atoms with Crippen LogP contribution in [-0.2, 0) is 4.74 Å². The van der Waals surface area contributed by atoms with Crippen LogP contribution in [0.1, 0.15) is 0 Å². The van der Waals surface area contributed by atoms with Gasteiger partial charge in [-0.15, -0.1) is 0 Å². The summed E-state index contributed by atoms with van der Waals surface area (Å²) < 4.78 is 4.84. The van der Waals surface area contributed by atoms with Crippen molar-refractivity contribution in [2.24, 2.45) is 5.73 Å². The Balaban J connectivity index is 2.70. The van der Waals surface area contributed by atoms with E-state index >= 15 is 0 Å². The van der Waals surface area contributed by atoms with Gasteiger partial charge in [-0.1, -0.05) is 0 Å². The van der Waals surface area contributed by atoms with Crippen molar-refractivity contribution in [2.45, 2.75) is 36.7 Å². The van der Waals surface area contributed by atoms with Gasteiger partial charge in [-0.25, -0.2) is 0 Å². The summed E-state index contributed by atoms with van der Waals surface area (Å²) in [6.07, 6.45) is -8.13. The normalized spacial score (nSPS) is 46.3. The predicted molar refractivity (Wildman–Crippen MR) is 44.0 cm³/mol. The van der Waals surface area contributed by atoms with Crippen molar-refractivity contribution in [1.29, 1.82) is 0 Å². The van der Waals surface area contributed by atoms with Crippen LogP contribution in [0.4, 0.5) is 0 Å². The van der Waals surface area contributed by atoms with Gasteiger partial charge in [0.05, 0.1) is 6.61 Å². The lowest BCUT2D eigenvalue weighted by Gasteiger charge is -2.40. The lowest BCUT2D eigenvalue weighted by atomic mass is 9.95.